The van der Waals surface area contributed by atoms with Gasteiger partial charge in [0.2, 0.25) is 0 Å². The molecule has 2 aromatic heterocycles. The molecule has 3 aromatic rings. The number of ether oxygens (including phenoxy) is 1. The van der Waals surface area contributed by atoms with Gasteiger partial charge in [-0.1, -0.05) is 12.1 Å². The standard InChI is InChI=1S/C19H16O5/c1-12-3-7-16-14(10-19(21)24-17(16)9-12)11-22-18(20)8-6-15-5-4-13(2)23-15/h3-10H,11H2,1-2H3. The molecule has 2 heterocycles. The second kappa shape index (κ2) is 6.58. The third kappa shape index (κ3) is 3.63. The van der Waals surface area contributed by atoms with Crippen LogP contribution in [0.25, 0.3) is 17.0 Å². The fourth-order valence-electron chi connectivity index (χ4n) is 2.35. The van der Waals surface area contributed by atoms with Crippen molar-refractivity contribution in [2.75, 3.05) is 0 Å². The Kier molecular flexibility index (Phi) is 4.33. The number of hydrogen-bond donors (Lipinski definition) is 0. The number of fused-ring (bicyclic) bond motifs is 1. The number of carbonyl (C=O) groups is 1. The third-order valence-electron chi connectivity index (χ3n) is 3.50. The van der Waals surface area contributed by atoms with E-state index in [9.17, 15) is 9.59 Å². The highest BCUT2D eigenvalue weighted by atomic mass is 16.5. The summed E-state index contributed by atoms with van der Waals surface area (Å²) in [5, 5.41) is 0.749. The van der Waals surface area contributed by atoms with Crippen LogP contribution >= 0.6 is 0 Å². The van der Waals surface area contributed by atoms with Crippen molar-refractivity contribution in [1.29, 1.82) is 0 Å². The normalized spacial score (nSPS) is 11.2. The highest BCUT2D eigenvalue weighted by Gasteiger charge is 2.08. The van der Waals surface area contributed by atoms with Crippen molar-refractivity contribution in [3.8, 4) is 0 Å². The van der Waals surface area contributed by atoms with E-state index in [1.807, 2.05) is 32.0 Å². The second-order valence-electron chi connectivity index (χ2n) is 5.48. The van der Waals surface area contributed by atoms with Crippen LogP contribution in [0.3, 0.4) is 0 Å². The highest BCUT2D eigenvalue weighted by molar-refractivity contribution is 5.87. The Labute approximate surface area is 138 Å². The van der Waals surface area contributed by atoms with Gasteiger partial charge < -0.3 is 13.6 Å². The van der Waals surface area contributed by atoms with Crippen LogP contribution in [0.4, 0.5) is 0 Å². The molecule has 122 valence electrons. The minimum atomic E-state index is -0.516. The molecule has 0 saturated heterocycles. The van der Waals surface area contributed by atoms with Crippen molar-refractivity contribution in [2.24, 2.45) is 0 Å². The summed E-state index contributed by atoms with van der Waals surface area (Å²) in [5.74, 6) is 0.823. The summed E-state index contributed by atoms with van der Waals surface area (Å²) in [5.41, 5.74) is 1.60. The first-order valence-electron chi connectivity index (χ1n) is 7.46. The molecule has 0 saturated carbocycles. The van der Waals surface area contributed by atoms with E-state index in [4.69, 9.17) is 13.6 Å². The van der Waals surface area contributed by atoms with E-state index in [1.54, 1.807) is 12.1 Å². The molecule has 0 N–H and O–H groups in total. The summed E-state index contributed by atoms with van der Waals surface area (Å²) in [6, 6.07) is 10.4. The minimum absolute atomic E-state index is 0.00842. The third-order valence-corrected chi connectivity index (χ3v) is 3.50. The Balaban J connectivity index is 1.74. The first kappa shape index (κ1) is 15.8. The monoisotopic (exact) mass is 324 g/mol. The quantitative estimate of drug-likeness (QED) is 0.415. The summed E-state index contributed by atoms with van der Waals surface area (Å²) in [6.07, 6.45) is 2.83. The second-order valence-corrected chi connectivity index (χ2v) is 5.48. The van der Waals surface area contributed by atoms with Crippen LogP contribution in [-0.4, -0.2) is 5.97 Å². The molecule has 0 radical (unpaired) electrons. The molecule has 24 heavy (non-hydrogen) atoms. The van der Waals surface area contributed by atoms with Gasteiger partial charge in [-0.3, -0.25) is 0 Å². The molecule has 0 amide bonds. The molecule has 0 aliphatic heterocycles. The Morgan fingerprint density at radius 3 is 2.71 bits per heavy atom. The predicted molar refractivity (Wildman–Crippen MR) is 89.5 cm³/mol. The van der Waals surface area contributed by atoms with Gasteiger partial charge in [-0.25, -0.2) is 9.59 Å². The summed E-state index contributed by atoms with van der Waals surface area (Å²) < 4.78 is 15.7. The van der Waals surface area contributed by atoms with Crippen LogP contribution < -0.4 is 5.63 Å². The summed E-state index contributed by atoms with van der Waals surface area (Å²) in [4.78, 5) is 23.5. The lowest BCUT2D eigenvalue weighted by atomic mass is 10.1. The zero-order chi connectivity index (χ0) is 17.1. The van der Waals surface area contributed by atoms with Gasteiger partial charge >= 0.3 is 11.6 Å². The number of carbonyl (C=O) groups excluding carboxylic acids is 1. The molecule has 0 atom stereocenters. The smallest absolute Gasteiger partial charge is 0.336 e. The SMILES string of the molecule is Cc1ccc2c(COC(=O)C=Cc3ccc(C)o3)cc(=O)oc2c1. The van der Waals surface area contributed by atoms with Gasteiger partial charge in [-0.05, 0) is 43.7 Å². The molecule has 0 aliphatic carbocycles. The Hall–Kier alpha value is -3.08. The summed E-state index contributed by atoms with van der Waals surface area (Å²) >= 11 is 0. The summed E-state index contributed by atoms with van der Waals surface area (Å²) in [6.45, 7) is 3.72. The van der Waals surface area contributed by atoms with Crippen LogP contribution in [0.1, 0.15) is 22.6 Å². The Morgan fingerprint density at radius 2 is 1.96 bits per heavy atom. The van der Waals surface area contributed by atoms with Crippen LogP contribution in [0.2, 0.25) is 0 Å². The van der Waals surface area contributed by atoms with E-state index < -0.39 is 11.6 Å². The van der Waals surface area contributed by atoms with Crippen LogP contribution in [0, 0.1) is 13.8 Å². The zero-order valence-corrected chi connectivity index (χ0v) is 13.4. The lowest BCUT2D eigenvalue weighted by Gasteiger charge is -2.06. The molecule has 0 aliphatic rings. The van der Waals surface area contributed by atoms with Crippen LogP contribution in [0.15, 0.2) is 56.1 Å². The lowest BCUT2D eigenvalue weighted by molar-refractivity contribution is -0.138. The predicted octanol–water partition coefficient (Wildman–Crippen LogP) is 3.76. The molecular formula is C19H16O5. The number of aryl methyl sites for hydroxylation is 2. The molecule has 0 bridgehead atoms. The van der Waals surface area contributed by atoms with Gasteiger partial charge in [0, 0.05) is 23.1 Å². The van der Waals surface area contributed by atoms with Gasteiger partial charge in [0.25, 0.3) is 0 Å². The molecule has 5 heteroatoms. The average Bonchev–Trinajstić information content (AvgIpc) is 2.95. The molecule has 5 nitrogen and oxygen atoms in total. The first-order valence-corrected chi connectivity index (χ1v) is 7.46. The average molecular weight is 324 g/mol. The van der Waals surface area contributed by atoms with Gasteiger partial charge in [-0.15, -0.1) is 0 Å². The van der Waals surface area contributed by atoms with E-state index in [-0.39, 0.29) is 6.61 Å². The number of rotatable bonds is 4. The molecule has 0 fully saturated rings. The first-order chi connectivity index (χ1) is 11.5. The maximum atomic E-state index is 11.8. The van der Waals surface area contributed by atoms with Gasteiger partial charge in [0.1, 0.15) is 23.7 Å². The van der Waals surface area contributed by atoms with E-state index in [0.29, 0.717) is 16.9 Å². The topological polar surface area (TPSA) is 69.7 Å². The molecular weight excluding hydrogens is 308 g/mol. The fourth-order valence-corrected chi connectivity index (χ4v) is 2.35. The molecule has 0 spiro atoms. The van der Waals surface area contributed by atoms with Crippen LogP contribution in [-0.2, 0) is 16.1 Å². The largest absolute Gasteiger partial charge is 0.462 e. The number of esters is 1. The van der Waals surface area contributed by atoms with Gasteiger partial charge in [0.15, 0.2) is 0 Å². The number of benzene rings is 1. The Morgan fingerprint density at radius 1 is 1.12 bits per heavy atom. The highest BCUT2D eigenvalue weighted by Crippen LogP contribution is 2.19. The van der Waals surface area contributed by atoms with E-state index in [2.05, 4.69) is 0 Å². The van der Waals surface area contributed by atoms with Crippen molar-refractivity contribution >= 4 is 23.0 Å². The maximum Gasteiger partial charge on any atom is 0.336 e. The van der Waals surface area contributed by atoms with Gasteiger partial charge in [0.05, 0.1) is 0 Å². The van der Waals surface area contributed by atoms with E-state index in [0.717, 1.165) is 16.7 Å². The zero-order valence-electron chi connectivity index (χ0n) is 13.4. The number of furan rings is 1. The fraction of sp³-hybridized carbons (Fsp3) is 0.158. The number of hydrogen-bond acceptors (Lipinski definition) is 5. The van der Waals surface area contributed by atoms with E-state index in [1.165, 1.54) is 18.2 Å². The van der Waals surface area contributed by atoms with Crippen molar-refractivity contribution in [3.63, 3.8) is 0 Å². The van der Waals surface area contributed by atoms with Crippen molar-refractivity contribution in [1.82, 2.24) is 0 Å². The lowest BCUT2D eigenvalue weighted by Crippen LogP contribution is -2.05. The van der Waals surface area contributed by atoms with Crippen molar-refractivity contribution in [3.05, 3.63) is 75.5 Å². The van der Waals surface area contributed by atoms with Gasteiger partial charge in [-0.2, -0.15) is 0 Å². The summed E-state index contributed by atoms with van der Waals surface area (Å²) in [7, 11) is 0. The maximum absolute atomic E-state index is 11.8. The molecule has 3 rings (SSSR count). The minimum Gasteiger partial charge on any atom is -0.462 e. The van der Waals surface area contributed by atoms with Crippen molar-refractivity contribution < 1.29 is 18.4 Å². The Bertz CT molecular complexity index is 975. The molecule has 0 unspecified atom stereocenters. The van der Waals surface area contributed by atoms with Crippen LogP contribution in [0.5, 0.6) is 0 Å². The molecule has 1 aromatic carbocycles. The van der Waals surface area contributed by atoms with E-state index >= 15 is 0 Å². The van der Waals surface area contributed by atoms with Crippen molar-refractivity contribution in [2.45, 2.75) is 20.5 Å².